The van der Waals surface area contributed by atoms with Crippen LogP contribution in [0, 0.1) is 5.92 Å². The van der Waals surface area contributed by atoms with Gasteiger partial charge in [-0.1, -0.05) is 0 Å². The summed E-state index contributed by atoms with van der Waals surface area (Å²) in [6.07, 6.45) is 3.81. The molecule has 7 heteroatoms. The number of aromatic amines is 1. The van der Waals surface area contributed by atoms with E-state index in [2.05, 4.69) is 15.2 Å². The molecule has 0 spiro atoms. The molecular weight excluding hydrogens is 342 g/mol. The van der Waals surface area contributed by atoms with E-state index in [4.69, 9.17) is 4.74 Å². The number of carbonyl (C=O) groups is 2. The number of amides is 1. The maximum absolute atomic E-state index is 12.6. The molecule has 3 aliphatic heterocycles. The molecule has 1 atom stereocenters. The lowest BCUT2D eigenvalue weighted by atomic mass is 9.84. The molecule has 3 fully saturated rings. The lowest BCUT2D eigenvalue weighted by Gasteiger charge is -2.44. The summed E-state index contributed by atoms with van der Waals surface area (Å²) in [4.78, 5) is 30.4. The van der Waals surface area contributed by atoms with Crippen LogP contribution in [-0.2, 0) is 4.79 Å². The van der Waals surface area contributed by atoms with Gasteiger partial charge in [0.05, 0.1) is 12.7 Å². The summed E-state index contributed by atoms with van der Waals surface area (Å²) in [5.74, 6) is 0.215. The van der Waals surface area contributed by atoms with Crippen LogP contribution in [0.25, 0.3) is 10.9 Å². The number of Topliss-reactive ketones (excluding diaryl/α,β-unsaturated/α-hetero) is 1. The normalized spacial score (nSPS) is 24.6. The number of ether oxygens (including phenoxy) is 1. The van der Waals surface area contributed by atoms with E-state index >= 15 is 0 Å². The van der Waals surface area contributed by atoms with Gasteiger partial charge in [0.2, 0.25) is 0 Å². The summed E-state index contributed by atoms with van der Waals surface area (Å²) in [7, 11) is 1.59. The van der Waals surface area contributed by atoms with Gasteiger partial charge < -0.3 is 19.9 Å². The van der Waals surface area contributed by atoms with Crippen LogP contribution in [0.2, 0.25) is 0 Å². The van der Waals surface area contributed by atoms with Crippen LogP contribution in [0.1, 0.15) is 23.2 Å². The summed E-state index contributed by atoms with van der Waals surface area (Å²) in [6.45, 7) is 3.07. The molecule has 0 radical (unpaired) electrons. The van der Waals surface area contributed by atoms with E-state index < -0.39 is 11.7 Å². The van der Waals surface area contributed by atoms with Crippen LogP contribution in [0.15, 0.2) is 24.4 Å². The topological polar surface area (TPSA) is 74.4 Å². The molecule has 1 amide bonds. The average Bonchev–Trinajstić information content (AvgIpc) is 3.05. The molecule has 0 saturated carbocycles. The minimum atomic E-state index is -0.509. The lowest BCUT2D eigenvalue weighted by molar-refractivity contribution is -0.119. The molecule has 4 heterocycles. The number of ketones is 1. The highest BCUT2D eigenvalue weighted by Crippen LogP contribution is 2.28. The number of nitrogens with one attached hydrogen (secondary N) is 2. The number of rotatable bonds is 4. The number of aromatic nitrogens is 1. The highest BCUT2D eigenvalue weighted by molar-refractivity contribution is 6.45. The molecule has 2 bridgehead atoms. The van der Waals surface area contributed by atoms with Crippen LogP contribution < -0.4 is 10.1 Å². The molecule has 3 aliphatic rings. The van der Waals surface area contributed by atoms with Gasteiger partial charge in [-0.2, -0.15) is 0 Å². The molecule has 0 unspecified atom stereocenters. The zero-order valence-corrected chi connectivity index (χ0v) is 14.9. The van der Waals surface area contributed by atoms with Crippen molar-refractivity contribution in [3.8, 4) is 5.75 Å². The van der Waals surface area contributed by atoms with E-state index in [1.165, 1.54) is 0 Å². The fourth-order valence-corrected chi connectivity index (χ4v) is 3.91. The van der Waals surface area contributed by atoms with Crippen LogP contribution in [-0.4, -0.2) is 54.4 Å². The second-order valence-electron chi connectivity index (χ2n) is 6.66. The van der Waals surface area contributed by atoms with Gasteiger partial charge in [0, 0.05) is 35.8 Å². The predicted octanol–water partition coefficient (Wildman–Crippen LogP) is 1.99. The Morgan fingerprint density at radius 3 is 2.68 bits per heavy atom. The maximum atomic E-state index is 12.6. The number of benzene rings is 1. The standard InChI is InChI=1S/C18H21N3O3.ClH/c1-24-12-2-3-13-14(9-19-15(13)8-12)17(22)18(23)20-16-10-21-6-4-11(16)5-7-21;/h2-3,8-9,11,16,19H,4-7,10H2,1H3,(H,20,23);1H/t16-;/m1./s1. The molecular formula is C18H22ClN3O3. The molecule has 1 aromatic heterocycles. The number of H-pyrrole nitrogens is 1. The zero-order valence-electron chi connectivity index (χ0n) is 14.1. The van der Waals surface area contributed by atoms with Crippen LogP contribution in [0.3, 0.4) is 0 Å². The zero-order chi connectivity index (χ0) is 16.7. The first-order valence-electron chi connectivity index (χ1n) is 8.38. The average molecular weight is 364 g/mol. The highest BCUT2D eigenvalue weighted by Gasteiger charge is 2.36. The van der Waals surface area contributed by atoms with E-state index in [9.17, 15) is 9.59 Å². The van der Waals surface area contributed by atoms with Crippen LogP contribution in [0.4, 0.5) is 0 Å². The Kier molecular flexibility index (Phi) is 5.01. The third-order valence-electron chi connectivity index (χ3n) is 5.31. The summed E-state index contributed by atoms with van der Waals surface area (Å²) in [6, 6.07) is 5.50. The van der Waals surface area contributed by atoms with Crippen molar-refractivity contribution in [2.75, 3.05) is 26.7 Å². The first-order chi connectivity index (χ1) is 11.7. The number of carbonyl (C=O) groups excluding carboxylic acids is 2. The summed E-state index contributed by atoms with van der Waals surface area (Å²) in [5.41, 5.74) is 1.19. The fourth-order valence-electron chi connectivity index (χ4n) is 3.91. The van der Waals surface area contributed by atoms with Gasteiger partial charge in [-0.25, -0.2) is 0 Å². The Morgan fingerprint density at radius 2 is 2.04 bits per heavy atom. The first kappa shape index (κ1) is 17.8. The van der Waals surface area contributed by atoms with Crippen molar-refractivity contribution < 1.29 is 14.3 Å². The fraction of sp³-hybridized carbons (Fsp3) is 0.444. The predicted molar refractivity (Wildman–Crippen MR) is 97.5 cm³/mol. The number of nitrogens with zero attached hydrogens (tertiary/aromatic N) is 1. The smallest absolute Gasteiger partial charge is 0.292 e. The van der Waals surface area contributed by atoms with Crippen LogP contribution >= 0.6 is 12.4 Å². The van der Waals surface area contributed by atoms with Gasteiger partial charge in [-0.3, -0.25) is 9.59 Å². The Bertz CT molecular complexity index is 796. The third-order valence-corrected chi connectivity index (χ3v) is 5.31. The van der Waals surface area contributed by atoms with Crippen molar-refractivity contribution in [2.45, 2.75) is 18.9 Å². The van der Waals surface area contributed by atoms with Crippen molar-refractivity contribution in [1.29, 1.82) is 0 Å². The number of hydrogen-bond donors (Lipinski definition) is 2. The molecule has 2 N–H and O–H groups in total. The molecule has 0 aliphatic carbocycles. The molecule has 3 saturated heterocycles. The van der Waals surface area contributed by atoms with E-state index in [0.29, 0.717) is 17.2 Å². The molecule has 5 rings (SSSR count). The Morgan fingerprint density at radius 1 is 1.28 bits per heavy atom. The Hall–Kier alpha value is -2.05. The number of methoxy groups -OCH3 is 1. The number of hydrogen-bond acceptors (Lipinski definition) is 4. The molecule has 6 nitrogen and oxygen atoms in total. The monoisotopic (exact) mass is 363 g/mol. The second-order valence-corrected chi connectivity index (χ2v) is 6.66. The molecule has 2 aromatic rings. The summed E-state index contributed by atoms with van der Waals surface area (Å²) >= 11 is 0. The van der Waals surface area contributed by atoms with Gasteiger partial charge >= 0.3 is 0 Å². The Labute approximate surface area is 152 Å². The minimum absolute atomic E-state index is 0. The van der Waals surface area contributed by atoms with Crippen molar-refractivity contribution in [3.05, 3.63) is 30.0 Å². The number of piperidine rings is 3. The van der Waals surface area contributed by atoms with E-state index in [-0.39, 0.29) is 18.4 Å². The van der Waals surface area contributed by atoms with Crippen LogP contribution in [0.5, 0.6) is 5.75 Å². The van der Waals surface area contributed by atoms with E-state index in [0.717, 1.165) is 43.4 Å². The van der Waals surface area contributed by atoms with Gasteiger partial charge in [0.25, 0.3) is 11.7 Å². The first-order valence-corrected chi connectivity index (χ1v) is 8.38. The van der Waals surface area contributed by atoms with Gasteiger partial charge in [0.1, 0.15) is 5.75 Å². The quantitative estimate of drug-likeness (QED) is 0.643. The molecule has 134 valence electrons. The maximum Gasteiger partial charge on any atom is 0.292 e. The van der Waals surface area contributed by atoms with E-state index in [1.807, 2.05) is 6.07 Å². The van der Waals surface area contributed by atoms with Gasteiger partial charge in [0.15, 0.2) is 0 Å². The SMILES string of the molecule is COc1ccc2c(C(=O)C(=O)N[C@@H]3CN4CCC3CC4)c[nH]c2c1.Cl. The number of halogens is 1. The Balaban J connectivity index is 0.00000182. The van der Waals surface area contributed by atoms with Crippen molar-refractivity contribution in [2.24, 2.45) is 5.92 Å². The van der Waals surface area contributed by atoms with Crippen molar-refractivity contribution in [1.82, 2.24) is 15.2 Å². The van der Waals surface area contributed by atoms with Crippen molar-refractivity contribution >= 4 is 35.0 Å². The molecule has 1 aromatic carbocycles. The van der Waals surface area contributed by atoms with E-state index in [1.54, 1.807) is 25.4 Å². The minimum Gasteiger partial charge on any atom is -0.497 e. The van der Waals surface area contributed by atoms with Crippen molar-refractivity contribution in [3.63, 3.8) is 0 Å². The summed E-state index contributed by atoms with van der Waals surface area (Å²) < 4.78 is 5.18. The second kappa shape index (κ2) is 7.06. The van der Waals surface area contributed by atoms with Gasteiger partial charge in [-0.05, 0) is 44.0 Å². The summed E-state index contributed by atoms with van der Waals surface area (Å²) in [5, 5.41) is 3.70. The molecule has 25 heavy (non-hydrogen) atoms. The number of fused-ring (bicyclic) bond motifs is 4. The largest absolute Gasteiger partial charge is 0.497 e. The van der Waals surface area contributed by atoms with Gasteiger partial charge in [-0.15, -0.1) is 12.4 Å². The highest BCUT2D eigenvalue weighted by atomic mass is 35.5. The third kappa shape index (κ3) is 3.24. The lowest BCUT2D eigenvalue weighted by Crippen LogP contribution is -2.58.